The Morgan fingerprint density at radius 3 is 2.16 bits per heavy atom. The predicted octanol–water partition coefficient (Wildman–Crippen LogP) is 3.24. The minimum absolute atomic E-state index is 0.00278. The summed E-state index contributed by atoms with van der Waals surface area (Å²) in [4.78, 5) is 36.9. The fourth-order valence-corrected chi connectivity index (χ4v) is 4.51. The van der Waals surface area contributed by atoms with Crippen molar-refractivity contribution in [2.75, 3.05) is 19.7 Å². The zero-order valence-corrected chi connectivity index (χ0v) is 17.4. The lowest BCUT2D eigenvalue weighted by Gasteiger charge is -2.37. The number of carboxylic acid groups (broad SMARTS) is 1. The van der Waals surface area contributed by atoms with E-state index >= 15 is 0 Å². The van der Waals surface area contributed by atoms with Crippen LogP contribution in [-0.2, 0) is 14.3 Å². The number of aliphatic carboxylic acids is 1. The van der Waals surface area contributed by atoms with Crippen LogP contribution in [0.1, 0.15) is 36.8 Å². The van der Waals surface area contributed by atoms with Crippen molar-refractivity contribution in [1.29, 1.82) is 0 Å². The van der Waals surface area contributed by atoms with E-state index in [2.05, 4.69) is 29.6 Å². The lowest BCUT2D eigenvalue weighted by Crippen LogP contribution is -2.51. The number of nitrogens with zero attached hydrogens (tertiary/aromatic N) is 1. The van der Waals surface area contributed by atoms with Gasteiger partial charge in [0, 0.05) is 24.4 Å². The molecule has 2 aliphatic rings. The SMILES string of the molecule is CCN(CC(=O)O)C(=O)C1CC(NC(=O)OCC2c3ccccc3-c3ccccc32)C1. The number of fused-ring (bicyclic) bond motifs is 3. The maximum atomic E-state index is 12.4. The molecule has 2 N–H and O–H groups in total. The Bertz CT molecular complexity index is 953. The predicted molar refractivity (Wildman–Crippen MR) is 115 cm³/mol. The molecule has 1 fully saturated rings. The average Bonchev–Trinajstić information content (AvgIpc) is 3.06. The fourth-order valence-electron chi connectivity index (χ4n) is 4.51. The summed E-state index contributed by atoms with van der Waals surface area (Å²) < 4.78 is 5.54. The first-order chi connectivity index (χ1) is 15.0. The molecule has 0 atom stereocenters. The minimum Gasteiger partial charge on any atom is -0.480 e. The number of carbonyl (C=O) groups is 3. The molecule has 4 rings (SSSR count). The van der Waals surface area contributed by atoms with Crippen LogP contribution in [0.5, 0.6) is 0 Å². The Kier molecular flexibility index (Phi) is 5.93. The summed E-state index contributed by atoms with van der Waals surface area (Å²) >= 11 is 0. The number of carboxylic acids is 1. The monoisotopic (exact) mass is 422 g/mol. The van der Waals surface area contributed by atoms with Crippen LogP contribution in [0.15, 0.2) is 48.5 Å². The molecule has 1 saturated carbocycles. The van der Waals surface area contributed by atoms with Gasteiger partial charge in [-0.25, -0.2) is 4.79 Å². The van der Waals surface area contributed by atoms with Gasteiger partial charge in [-0.2, -0.15) is 0 Å². The van der Waals surface area contributed by atoms with Gasteiger partial charge in [-0.15, -0.1) is 0 Å². The zero-order valence-electron chi connectivity index (χ0n) is 17.4. The number of nitrogens with one attached hydrogen (secondary N) is 1. The van der Waals surface area contributed by atoms with E-state index in [1.807, 2.05) is 24.3 Å². The average molecular weight is 422 g/mol. The van der Waals surface area contributed by atoms with Crippen LogP contribution in [0.4, 0.5) is 4.79 Å². The summed E-state index contributed by atoms with van der Waals surface area (Å²) in [6.07, 6.45) is 0.508. The quantitative estimate of drug-likeness (QED) is 0.714. The van der Waals surface area contributed by atoms with E-state index in [9.17, 15) is 14.4 Å². The summed E-state index contributed by atoms with van der Waals surface area (Å²) in [7, 11) is 0. The molecule has 2 aliphatic carbocycles. The molecule has 7 heteroatoms. The maximum absolute atomic E-state index is 12.4. The normalized spacial score (nSPS) is 19.0. The molecule has 0 spiro atoms. The van der Waals surface area contributed by atoms with Crippen molar-refractivity contribution in [3.8, 4) is 11.1 Å². The Morgan fingerprint density at radius 1 is 1.03 bits per heavy atom. The van der Waals surface area contributed by atoms with Gasteiger partial charge >= 0.3 is 12.1 Å². The van der Waals surface area contributed by atoms with Crippen LogP contribution in [0.3, 0.4) is 0 Å². The van der Waals surface area contributed by atoms with Gasteiger partial charge in [0.2, 0.25) is 5.91 Å². The van der Waals surface area contributed by atoms with Gasteiger partial charge in [-0.1, -0.05) is 48.5 Å². The molecule has 31 heavy (non-hydrogen) atoms. The van der Waals surface area contributed by atoms with Crippen LogP contribution < -0.4 is 5.32 Å². The van der Waals surface area contributed by atoms with E-state index in [-0.39, 0.29) is 36.9 Å². The first-order valence-corrected chi connectivity index (χ1v) is 10.6. The Hall–Kier alpha value is -3.35. The number of benzene rings is 2. The number of alkyl carbamates (subject to hydrolysis) is 1. The summed E-state index contributed by atoms with van der Waals surface area (Å²) in [5.41, 5.74) is 4.66. The summed E-state index contributed by atoms with van der Waals surface area (Å²) in [5, 5.41) is 11.7. The first kappa shape index (κ1) is 20.9. The van der Waals surface area contributed by atoms with E-state index in [0.717, 1.165) is 11.1 Å². The van der Waals surface area contributed by atoms with Gasteiger partial charge < -0.3 is 20.1 Å². The van der Waals surface area contributed by atoms with E-state index in [4.69, 9.17) is 9.84 Å². The van der Waals surface area contributed by atoms with Gasteiger partial charge in [0.05, 0.1) is 0 Å². The Morgan fingerprint density at radius 2 is 1.61 bits per heavy atom. The molecule has 0 saturated heterocycles. The number of hydrogen-bond acceptors (Lipinski definition) is 4. The summed E-state index contributed by atoms with van der Waals surface area (Å²) in [6.45, 7) is 2.06. The zero-order chi connectivity index (χ0) is 22.0. The second-order valence-corrected chi connectivity index (χ2v) is 8.08. The molecular weight excluding hydrogens is 396 g/mol. The molecule has 0 heterocycles. The van der Waals surface area contributed by atoms with Gasteiger partial charge in [-0.3, -0.25) is 9.59 Å². The minimum atomic E-state index is -1.03. The molecule has 2 aromatic carbocycles. The Balaban J connectivity index is 1.29. The van der Waals surface area contributed by atoms with Crippen LogP contribution >= 0.6 is 0 Å². The van der Waals surface area contributed by atoms with Crippen molar-refractivity contribution in [2.45, 2.75) is 31.7 Å². The summed E-state index contributed by atoms with van der Waals surface area (Å²) in [6, 6.07) is 16.2. The molecule has 0 aliphatic heterocycles. The van der Waals surface area contributed by atoms with E-state index in [1.54, 1.807) is 6.92 Å². The number of likely N-dealkylation sites (N-methyl/N-ethyl adjacent to an activating group) is 1. The van der Waals surface area contributed by atoms with Gasteiger partial charge in [0.1, 0.15) is 13.2 Å². The molecule has 2 amide bonds. The molecule has 162 valence electrons. The third kappa shape index (κ3) is 4.26. The molecular formula is C24H26N2O5. The summed E-state index contributed by atoms with van der Waals surface area (Å²) in [5.74, 6) is -1.44. The molecule has 0 aromatic heterocycles. The van der Waals surface area contributed by atoms with E-state index < -0.39 is 12.1 Å². The highest BCUT2D eigenvalue weighted by molar-refractivity contribution is 5.84. The van der Waals surface area contributed by atoms with E-state index in [0.29, 0.717) is 19.4 Å². The Labute approximate surface area is 181 Å². The number of rotatable bonds is 7. The van der Waals surface area contributed by atoms with Crippen molar-refractivity contribution in [3.05, 3.63) is 59.7 Å². The highest BCUT2D eigenvalue weighted by Crippen LogP contribution is 2.44. The third-order valence-electron chi connectivity index (χ3n) is 6.17. The smallest absolute Gasteiger partial charge is 0.407 e. The molecule has 2 aromatic rings. The number of hydrogen-bond donors (Lipinski definition) is 2. The van der Waals surface area contributed by atoms with Crippen molar-refractivity contribution >= 4 is 18.0 Å². The standard InChI is InChI=1S/C24H26N2O5/c1-2-26(13-22(27)28)23(29)15-11-16(12-15)25-24(30)31-14-21-19-9-5-3-7-17(19)18-8-4-6-10-20(18)21/h3-10,15-16,21H,2,11-14H2,1H3,(H,25,30)(H,27,28). The highest BCUT2D eigenvalue weighted by Gasteiger charge is 2.38. The molecule has 7 nitrogen and oxygen atoms in total. The fraction of sp³-hybridized carbons (Fsp3) is 0.375. The topological polar surface area (TPSA) is 95.9 Å². The van der Waals surface area contributed by atoms with Gasteiger partial charge in [0.15, 0.2) is 0 Å². The van der Waals surface area contributed by atoms with Gasteiger partial charge in [0.25, 0.3) is 0 Å². The third-order valence-corrected chi connectivity index (χ3v) is 6.17. The molecule has 0 bridgehead atoms. The van der Waals surface area contributed by atoms with Crippen LogP contribution in [0, 0.1) is 5.92 Å². The highest BCUT2D eigenvalue weighted by atomic mass is 16.5. The number of carbonyl (C=O) groups excluding carboxylic acids is 2. The van der Waals surface area contributed by atoms with Crippen molar-refractivity contribution in [2.24, 2.45) is 5.92 Å². The van der Waals surface area contributed by atoms with Crippen LogP contribution in [0.25, 0.3) is 11.1 Å². The van der Waals surface area contributed by atoms with Crippen LogP contribution in [-0.4, -0.2) is 53.7 Å². The second kappa shape index (κ2) is 8.79. The van der Waals surface area contributed by atoms with Crippen molar-refractivity contribution in [3.63, 3.8) is 0 Å². The first-order valence-electron chi connectivity index (χ1n) is 10.6. The maximum Gasteiger partial charge on any atom is 0.407 e. The number of ether oxygens (including phenoxy) is 1. The largest absolute Gasteiger partial charge is 0.480 e. The number of amides is 2. The van der Waals surface area contributed by atoms with Crippen LogP contribution in [0.2, 0.25) is 0 Å². The lowest BCUT2D eigenvalue weighted by molar-refractivity contribution is -0.147. The van der Waals surface area contributed by atoms with E-state index in [1.165, 1.54) is 16.0 Å². The van der Waals surface area contributed by atoms with Gasteiger partial charge in [-0.05, 0) is 42.0 Å². The molecule has 0 unspecified atom stereocenters. The van der Waals surface area contributed by atoms with Crippen molar-refractivity contribution < 1.29 is 24.2 Å². The molecule has 0 radical (unpaired) electrons. The van der Waals surface area contributed by atoms with Crippen molar-refractivity contribution in [1.82, 2.24) is 10.2 Å². The second-order valence-electron chi connectivity index (χ2n) is 8.08. The lowest BCUT2D eigenvalue weighted by atomic mass is 9.79.